The zero-order valence-corrected chi connectivity index (χ0v) is 15.6. The minimum absolute atomic E-state index is 0.138. The molecule has 4 nitrogen and oxygen atoms in total. The number of halogens is 2. The molecule has 1 amide bonds. The standard InChI is InChI=1S/C17H19Cl2N3OS/c18-14-5-4-6-15(19)13(14)9-16(23)21-17-20-12(11-24-17)10-22-7-2-1-3-8-22/h4-6,11H,1-3,7-10H2,(H,20,21,23). The minimum Gasteiger partial charge on any atom is -0.302 e. The summed E-state index contributed by atoms with van der Waals surface area (Å²) in [6.45, 7) is 3.11. The summed E-state index contributed by atoms with van der Waals surface area (Å²) in [5, 5.41) is 6.47. The highest BCUT2D eigenvalue weighted by Crippen LogP contribution is 2.25. The average Bonchev–Trinajstić information content (AvgIpc) is 2.99. The number of amides is 1. The summed E-state index contributed by atoms with van der Waals surface area (Å²) in [5.41, 5.74) is 1.65. The van der Waals surface area contributed by atoms with Gasteiger partial charge in [-0.3, -0.25) is 9.69 Å². The van der Waals surface area contributed by atoms with Gasteiger partial charge in [0.15, 0.2) is 5.13 Å². The van der Waals surface area contributed by atoms with E-state index in [0.29, 0.717) is 20.7 Å². The van der Waals surface area contributed by atoms with Crippen LogP contribution in [0.15, 0.2) is 23.6 Å². The van der Waals surface area contributed by atoms with E-state index in [1.54, 1.807) is 18.2 Å². The highest BCUT2D eigenvalue weighted by atomic mass is 35.5. The van der Waals surface area contributed by atoms with Gasteiger partial charge in [0.05, 0.1) is 12.1 Å². The van der Waals surface area contributed by atoms with Gasteiger partial charge in [0, 0.05) is 22.0 Å². The van der Waals surface area contributed by atoms with E-state index in [2.05, 4.69) is 15.2 Å². The first kappa shape index (κ1) is 17.7. The fourth-order valence-electron chi connectivity index (χ4n) is 2.81. The minimum atomic E-state index is -0.163. The molecule has 24 heavy (non-hydrogen) atoms. The van der Waals surface area contributed by atoms with Crippen LogP contribution in [0.3, 0.4) is 0 Å². The van der Waals surface area contributed by atoms with Crippen LogP contribution in [-0.4, -0.2) is 28.9 Å². The van der Waals surface area contributed by atoms with Crippen molar-refractivity contribution in [2.24, 2.45) is 0 Å². The van der Waals surface area contributed by atoms with Gasteiger partial charge in [0.25, 0.3) is 0 Å². The summed E-state index contributed by atoms with van der Waals surface area (Å²) in [6.07, 6.45) is 3.97. The molecular weight excluding hydrogens is 365 g/mol. The van der Waals surface area contributed by atoms with Gasteiger partial charge in [-0.1, -0.05) is 35.7 Å². The van der Waals surface area contributed by atoms with Crippen LogP contribution in [-0.2, 0) is 17.8 Å². The quantitative estimate of drug-likeness (QED) is 0.819. The number of hydrogen-bond acceptors (Lipinski definition) is 4. The smallest absolute Gasteiger partial charge is 0.230 e. The third-order valence-corrected chi connectivity index (χ3v) is 5.55. The number of aromatic nitrogens is 1. The lowest BCUT2D eigenvalue weighted by molar-refractivity contribution is -0.115. The van der Waals surface area contributed by atoms with E-state index in [0.717, 1.165) is 25.3 Å². The summed E-state index contributed by atoms with van der Waals surface area (Å²) < 4.78 is 0. The number of carbonyl (C=O) groups is 1. The Morgan fingerprint density at radius 3 is 2.62 bits per heavy atom. The van der Waals surface area contributed by atoms with Gasteiger partial charge in [-0.2, -0.15) is 0 Å². The van der Waals surface area contributed by atoms with Crippen molar-refractivity contribution in [3.63, 3.8) is 0 Å². The van der Waals surface area contributed by atoms with Gasteiger partial charge in [-0.15, -0.1) is 11.3 Å². The highest BCUT2D eigenvalue weighted by molar-refractivity contribution is 7.13. The van der Waals surface area contributed by atoms with Gasteiger partial charge < -0.3 is 5.32 Å². The number of benzene rings is 1. The van der Waals surface area contributed by atoms with Crippen molar-refractivity contribution in [2.45, 2.75) is 32.2 Å². The Balaban J connectivity index is 1.57. The molecule has 1 saturated heterocycles. The van der Waals surface area contributed by atoms with Crippen LogP contribution in [0.2, 0.25) is 10.0 Å². The zero-order chi connectivity index (χ0) is 16.9. The van der Waals surface area contributed by atoms with E-state index < -0.39 is 0 Å². The Labute approximate surface area is 155 Å². The van der Waals surface area contributed by atoms with Crippen LogP contribution >= 0.6 is 34.5 Å². The molecule has 0 atom stereocenters. The van der Waals surface area contributed by atoms with Crippen LogP contribution < -0.4 is 5.32 Å². The summed E-state index contributed by atoms with van der Waals surface area (Å²) >= 11 is 13.7. The van der Waals surface area contributed by atoms with Crippen LogP contribution in [0, 0.1) is 0 Å². The second-order valence-corrected chi connectivity index (χ2v) is 7.58. The van der Waals surface area contributed by atoms with Crippen LogP contribution in [0.1, 0.15) is 30.5 Å². The molecule has 0 spiro atoms. The van der Waals surface area contributed by atoms with Crippen molar-refractivity contribution in [1.82, 2.24) is 9.88 Å². The van der Waals surface area contributed by atoms with Crippen LogP contribution in [0.4, 0.5) is 5.13 Å². The number of rotatable bonds is 5. The molecule has 2 aromatic rings. The Morgan fingerprint density at radius 1 is 1.21 bits per heavy atom. The molecule has 128 valence electrons. The summed E-state index contributed by atoms with van der Waals surface area (Å²) in [6, 6.07) is 5.23. The van der Waals surface area contributed by atoms with E-state index in [1.165, 1.54) is 30.6 Å². The first-order chi connectivity index (χ1) is 11.6. The predicted octanol–water partition coefficient (Wildman–Crippen LogP) is 4.62. The lowest BCUT2D eigenvalue weighted by Crippen LogP contribution is -2.29. The van der Waals surface area contributed by atoms with Gasteiger partial charge in [0.2, 0.25) is 5.91 Å². The Morgan fingerprint density at radius 2 is 1.92 bits per heavy atom. The fraction of sp³-hybridized carbons (Fsp3) is 0.412. The molecule has 1 aliphatic heterocycles. The number of carbonyl (C=O) groups excluding carboxylic acids is 1. The van der Waals surface area contributed by atoms with Crippen molar-refractivity contribution in [3.05, 3.63) is 44.9 Å². The summed E-state index contributed by atoms with van der Waals surface area (Å²) in [5.74, 6) is -0.163. The SMILES string of the molecule is O=C(Cc1c(Cl)cccc1Cl)Nc1nc(CN2CCCCC2)cs1. The number of likely N-dealkylation sites (tertiary alicyclic amines) is 1. The third-order valence-electron chi connectivity index (χ3n) is 4.03. The van der Waals surface area contributed by atoms with Gasteiger partial charge in [-0.05, 0) is 43.6 Å². The topological polar surface area (TPSA) is 45.2 Å². The number of nitrogens with zero attached hydrogens (tertiary/aromatic N) is 2. The average molecular weight is 384 g/mol. The number of anilines is 1. The zero-order valence-electron chi connectivity index (χ0n) is 13.2. The van der Waals surface area contributed by atoms with Gasteiger partial charge >= 0.3 is 0 Å². The molecule has 0 aliphatic carbocycles. The monoisotopic (exact) mass is 383 g/mol. The second kappa shape index (κ2) is 8.30. The Bertz CT molecular complexity index is 693. The molecule has 0 bridgehead atoms. The van der Waals surface area contributed by atoms with Crippen LogP contribution in [0.25, 0.3) is 0 Å². The Hall–Kier alpha value is -1.14. The van der Waals surface area contributed by atoms with Gasteiger partial charge in [0.1, 0.15) is 0 Å². The molecule has 7 heteroatoms. The highest BCUT2D eigenvalue weighted by Gasteiger charge is 2.15. The van der Waals surface area contributed by atoms with E-state index in [-0.39, 0.29) is 12.3 Å². The number of nitrogens with one attached hydrogen (secondary N) is 1. The number of thiazole rings is 1. The maximum atomic E-state index is 12.2. The predicted molar refractivity (Wildman–Crippen MR) is 100 cm³/mol. The van der Waals surface area contributed by atoms with E-state index in [1.807, 2.05) is 5.38 Å². The molecule has 1 N–H and O–H groups in total. The maximum Gasteiger partial charge on any atom is 0.230 e. The molecule has 3 rings (SSSR count). The molecule has 0 radical (unpaired) electrons. The van der Waals surface area contributed by atoms with E-state index >= 15 is 0 Å². The molecule has 1 aromatic heterocycles. The fourth-order valence-corrected chi connectivity index (χ4v) is 4.06. The third kappa shape index (κ3) is 4.70. The molecular formula is C17H19Cl2N3OS. The lowest BCUT2D eigenvalue weighted by Gasteiger charge is -2.25. The normalized spacial score (nSPS) is 15.4. The maximum absolute atomic E-state index is 12.2. The van der Waals surface area contributed by atoms with E-state index in [4.69, 9.17) is 23.2 Å². The largest absolute Gasteiger partial charge is 0.302 e. The van der Waals surface area contributed by atoms with E-state index in [9.17, 15) is 4.79 Å². The molecule has 2 heterocycles. The molecule has 1 aromatic carbocycles. The van der Waals surface area contributed by atoms with Crippen molar-refractivity contribution in [3.8, 4) is 0 Å². The number of piperidine rings is 1. The van der Waals surface area contributed by atoms with Crippen molar-refractivity contribution in [1.29, 1.82) is 0 Å². The van der Waals surface area contributed by atoms with Crippen molar-refractivity contribution >= 4 is 45.6 Å². The van der Waals surface area contributed by atoms with Crippen molar-refractivity contribution in [2.75, 3.05) is 18.4 Å². The first-order valence-electron chi connectivity index (χ1n) is 8.01. The first-order valence-corrected chi connectivity index (χ1v) is 9.65. The van der Waals surface area contributed by atoms with Gasteiger partial charge in [-0.25, -0.2) is 4.98 Å². The molecule has 1 aliphatic rings. The molecule has 0 saturated carbocycles. The summed E-state index contributed by atoms with van der Waals surface area (Å²) in [4.78, 5) is 19.1. The molecule has 0 unspecified atom stereocenters. The van der Waals surface area contributed by atoms with Crippen molar-refractivity contribution < 1.29 is 4.79 Å². The molecule has 1 fully saturated rings. The summed E-state index contributed by atoms with van der Waals surface area (Å²) in [7, 11) is 0. The lowest BCUT2D eigenvalue weighted by atomic mass is 10.1. The van der Waals surface area contributed by atoms with Crippen LogP contribution in [0.5, 0.6) is 0 Å². The number of hydrogen-bond donors (Lipinski definition) is 1. The Kier molecular flexibility index (Phi) is 6.11. The second-order valence-electron chi connectivity index (χ2n) is 5.91.